The lowest BCUT2D eigenvalue weighted by atomic mass is 10.1. The van der Waals surface area contributed by atoms with Crippen molar-refractivity contribution in [3.63, 3.8) is 0 Å². The first-order chi connectivity index (χ1) is 14.5. The molecule has 31 heavy (non-hydrogen) atoms. The smallest absolute Gasteiger partial charge is 0.410 e. The summed E-state index contributed by atoms with van der Waals surface area (Å²) in [5, 5.41) is 17.4. The summed E-state index contributed by atoms with van der Waals surface area (Å²) in [6, 6.07) is 3.33. The van der Waals surface area contributed by atoms with Crippen LogP contribution in [-0.2, 0) is 16.0 Å². The molecule has 1 saturated heterocycles. The van der Waals surface area contributed by atoms with Crippen LogP contribution in [-0.4, -0.2) is 70.8 Å². The molecule has 1 aromatic rings. The lowest BCUT2D eigenvalue weighted by Crippen LogP contribution is -2.54. The molecule has 2 atom stereocenters. The normalized spacial score (nSPS) is 18.8. The Labute approximate surface area is 188 Å². The van der Waals surface area contributed by atoms with Gasteiger partial charge in [0.15, 0.2) is 0 Å². The minimum atomic E-state index is -1.08. The number of nitrogens with two attached hydrogens (primary N) is 1. The summed E-state index contributed by atoms with van der Waals surface area (Å²) in [6.45, 7) is 11.6. The van der Waals surface area contributed by atoms with Crippen molar-refractivity contribution in [2.24, 2.45) is 10.7 Å². The van der Waals surface area contributed by atoms with Crippen LogP contribution in [0.3, 0.4) is 0 Å². The van der Waals surface area contributed by atoms with E-state index in [1.165, 1.54) is 6.92 Å². The number of hydrogen-bond acceptors (Lipinski definition) is 7. The summed E-state index contributed by atoms with van der Waals surface area (Å²) in [5.74, 6) is -0.385. The summed E-state index contributed by atoms with van der Waals surface area (Å²) in [5.41, 5.74) is 8.16. The first-order valence-electron chi connectivity index (χ1n) is 10.2. The second kappa shape index (κ2) is 10.8. The highest BCUT2D eigenvalue weighted by atomic mass is 35.5. The number of nitrogens with zero attached hydrogens (tertiary/aromatic N) is 3. The summed E-state index contributed by atoms with van der Waals surface area (Å²) in [4.78, 5) is 20.5. The van der Waals surface area contributed by atoms with Gasteiger partial charge in [0, 0.05) is 37.2 Å². The van der Waals surface area contributed by atoms with Crippen molar-refractivity contribution >= 4 is 35.3 Å². The van der Waals surface area contributed by atoms with Crippen molar-refractivity contribution in [3.05, 3.63) is 28.3 Å². The largest absolute Gasteiger partial charge is 0.447 e. The van der Waals surface area contributed by atoms with Gasteiger partial charge in [0.25, 0.3) is 6.02 Å². The predicted octanol–water partition coefficient (Wildman–Crippen LogP) is 3.02. The Bertz CT molecular complexity index is 843. The van der Waals surface area contributed by atoms with Crippen molar-refractivity contribution in [2.45, 2.75) is 59.4 Å². The summed E-state index contributed by atoms with van der Waals surface area (Å²) < 4.78 is 10.4. The molecule has 1 amide bonds. The van der Waals surface area contributed by atoms with E-state index in [4.69, 9.17) is 32.2 Å². The van der Waals surface area contributed by atoms with Gasteiger partial charge >= 0.3 is 6.09 Å². The molecule has 9 nitrogen and oxygen atoms in total. The van der Waals surface area contributed by atoms with Gasteiger partial charge in [0.2, 0.25) is 5.90 Å². The molecule has 1 aliphatic heterocycles. The first-order valence-corrected chi connectivity index (χ1v) is 10.6. The van der Waals surface area contributed by atoms with Crippen LogP contribution < -0.4 is 5.73 Å². The highest BCUT2D eigenvalue weighted by Crippen LogP contribution is 2.29. The highest BCUT2D eigenvalue weighted by Gasteiger charge is 2.29. The van der Waals surface area contributed by atoms with E-state index in [2.05, 4.69) is 9.89 Å². The molecule has 0 aliphatic carbocycles. The van der Waals surface area contributed by atoms with Gasteiger partial charge in [0.05, 0.1) is 11.8 Å². The monoisotopic (exact) mass is 453 g/mol. The summed E-state index contributed by atoms with van der Waals surface area (Å²) in [6.07, 6.45) is -1.51. The van der Waals surface area contributed by atoms with Gasteiger partial charge in [-0.15, -0.1) is 0 Å². The SMILES string of the molecule is Cc1c(CN2CCN(C(=O)OC(C)C)[C@@H](C)C2)cc(Cl)cc1N=C(N)OC(=N)[C@@H](C)O. The second-order valence-electron chi connectivity index (χ2n) is 8.01. The molecule has 1 aliphatic rings. The van der Waals surface area contributed by atoms with Crippen LogP contribution in [0.1, 0.15) is 38.8 Å². The van der Waals surface area contributed by atoms with Crippen LogP contribution >= 0.6 is 11.6 Å². The van der Waals surface area contributed by atoms with Gasteiger partial charge in [-0.1, -0.05) is 11.6 Å². The Hall–Kier alpha value is -2.36. The third-order valence-electron chi connectivity index (χ3n) is 4.95. The zero-order valence-corrected chi connectivity index (χ0v) is 19.4. The number of nitrogens with one attached hydrogen (secondary N) is 1. The van der Waals surface area contributed by atoms with Crippen molar-refractivity contribution in [2.75, 3.05) is 19.6 Å². The Morgan fingerprint density at radius 2 is 2.06 bits per heavy atom. The molecule has 2 rings (SSSR count). The van der Waals surface area contributed by atoms with Gasteiger partial charge in [0.1, 0.15) is 6.10 Å². The van der Waals surface area contributed by atoms with E-state index in [0.29, 0.717) is 36.9 Å². The number of aliphatic imine (C=N–C) groups is 1. The maximum Gasteiger partial charge on any atom is 0.410 e. The Morgan fingerprint density at radius 3 is 2.65 bits per heavy atom. The van der Waals surface area contributed by atoms with E-state index in [1.54, 1.807) is 11.0 Å². The number of carbonyl (C=O) groups is 1. The van der Waals surface area contributed by atoms with Gasteiger partial charge in [-0.25, -0.2) is 4.79 Å². The lowest BCUT2D eigenvalue weighted by Gasteiger charge is -2.39. The number of aliphatic hydroxyl groups excluding tert-OH is 1. The van der Waals surface area contributed by atoms with Crippen molar-refractivity contribution in [1.29, 1.82) is 5.41 Å². The molecule has 0 aromatic heterocycles. The fourth-order valence-corrected chi connectivity index (χ4v) is 3.53. The average molecular weight is 454 g/mol. The molecule has 10 heteroatoms. The van der Waals surface area contributed by atoms with Gasteiger partial charge in [-0.05, 0) is 57.9 Å². The van der Waals surface area contributed by atoms with E-state index in [-0.39, 0.29) is 30.2 Å². The topological polar surface area (TPSA) is 124 Å². The van der Waals surface area contributed by atoms with E-state index in [9.17, 15) is 9.90 Å². The molecule has 0 saturated carbocycles. The minimum absolute atomic E-state index is 0.0208. The Kier molecular flexibility index (Phi) is 8.67. The third kappa shape index (κ3) is 7.09. The molecular formula is C21H32ClN5O4. The first kappa shape index (κ1) is 24.9. The summed E-state index contributed by atoms with van der Waals surface area (Å²) >= 11 is 6.30. The van der Waals surface area contributed by atoms with Crippen LogP contribution in [0.25, 0.3) is 0 Å². The van der Waals surface area contributed by atoms with E-state index >= 15 is 0 Å². The number of ether oxygens (including phenoxy) is 2. The second-order valence-corrected chi connectivity index (χ2v) is 8.45. The quantitative estimate of drug-likeness (QED) is 0.465. The number of amides is 1. The zero-order valence-electron chi connectivity index (χ0n) is 18.7. The van der Waals surface area contributed by atoms with Crippen molar-refractivity contribution < 1.29 is 19.4 Å². The number of amidine groups is 1. The molecule has 0 spiro atoms. The molecule has 1 aromatic carbocycles. The summed E-state index contributed by atoms with van der Waals surface area (Å²) in [7, 11) is 0. The minimum Gasteiger partial charge on any atom is -0.447 e. The molecule has 1 fully saturated rings. The van der Waals surface area contributed by atoms with Gasteiger partial charge in [-0.2, -0.15) is 4.99 Å². The highest BCUT2D eigenvalue weighted by molar-refractivity contribution is 6.31. The fraction of sp³-hybridized carbons (Fsp3) is 0.571. The lowest BCUT2D eigenvalue weighted by molar-refractivity contribution is 0.0349. The predicted molar refractivity (Wildman–Crippen MR) is 121 cm³/mol. The van der Waals surface area contributed by atoms with E-state index in [0.717, 1.165) is 11.1 Å². The maximum atomic E-state index is 12.2. The number of benzene rings is 1. The average Bonchev–Trinajstić information content (AvgIpc) is 2.64. The van der Waals surface area contributed by atoms with Gasteiger partial charge < -0.3 is 25.2 Å². The van der Waals surface area contributed by atoms with Crippen LogP contribution in [0.5, 0.6) is 0 Å². The number of piperazine rings is 1. The van der Waals surface area contributed by atoms with E-state index < -0.39 is 6.10 Å². The Morgan fingerprint density at radius 1 is 1.39 bits per heavy atom. The van der Waals surface area contributed by atoms with Crippen LogP contribution in [0.4, 0.5) is 10.5 Å². The van der Waals surface area contributed by atoms with Crippen LogP contribution in [0.2, 0.25) is 5.02 Å². The van der Waals surface area contributed by atoms with Crippen molar-refractivity contribution in [3.8, 4) is 0 Å². The standard InChI is InChI=1S/C21H32ClN5O4/c1-12(2)30-21(29)27-7-6-26(10-13(27)3)11-16-8-17(22)9-18(14(16)4)25-20(24)31-19(23)15(5)28/h8-9,12-13,15,23,28H,6-7,10-11H2,1-5H3,(H2,24,25)/t13-,15+/m0/s1. The molecule has 0 bridgehead atoms. The number of rotatable bonds is 5. The maximum absolute atomic E-state index is 12.2. The molecule has 172 valence electrons. The number of carbonyl (C=O) groups excluding carboxylic acids is 1. The van der Waals surface area contributed by atoms with Gasteiger partial charge in [-0.3, -0.25) is 10.3 Å². The van der Waals surface area contributed by atoms with E-state index in [1.807, 2.05) is 33.8 Å². The zero-order chi connectivity index (χ0) is 23.3. The molecular weight excluding hydrogens is 422 g/mol. The van der Waals surface area contributed by atoms with Crippen LogP contribution in [0, 0.1) is 12.3 Å². The number of hydrogen-bond donors (Lipinski definition) is 3. The van der Waals surface area contributed by atoms with Crippen molar-refractivity contribution in [1.82, 2.24) is 9.80 Å². The van der Waals surface area contributed by atoms with Crippen LogP contribution in [0.15, 0.2) is 17.1 Å². The molecule has 0 radical (unpaired) electrons. The third-order valence-corrected chi connectivity index (χ3v) is 5.17. The fourth-order valence-electron chi connectivity index (χ4n) is 3.30. The molecule has 1 heterocycles. The number of halogens is 1. The molecule has 0 unspecified atom stereocenters. The molecule has 4 N–H and O–H groups in total. The number of aliphatic hydroxyl groups is 1. The Balaban J connectivity index is 2.11.